The Labute approximate surface area is 159 Å². The molecule has 2 aromatic carbocycles. The molecule has 1 N–H and O–H groups in total. The van der Waals surface area contributed by atoms with E-state index in [2.05, 4.69) is 12.2 Å². The van der Waals surface area contributed by atoms with Gasteiger partial charge in [0.2, 0.25) is 11.8 Å². The molecule has 5 heteroatoms. The van der Waals surface area contributed by atoms with Crippen molar-refractivity contribution < 1.29 is 14.0 Å². The predicted molar refractivity (Wildman–Crippen MR) is 104 cm³/mol. The number of amides is 2. The highest BCUT2D eigenvalue weighted by Crippen LogP contribution is 2.33. The summed E-state index contributed by atoms with van der Waals surface area (Å²) < 4.78 is 13.2. The van der Waals surface area contributed by atoms with Gasteiger partial charge in [-0.3, -0.25) is 9.59 Å². The quantitative estimate of drug-likeness (QED) is 0.733. The number of nitrogens with zero attached hydrogens (tertiary/aromatic N) is 1. The number of hydrogen-bond acceptors (Lipinski definition) is 2. The average molecular weight is 368 g/mol. The first kappa shape index (κ1) is 19.1. The molecule has 1 aliphatic heterocycles. The summed E-state index contributed by atoms with van der Waals surface area (Å²) in [7, 11) is 0. The molecule has 0 fully saturated rings. The van der Waals surface area contributed by atoms with Crippen LogP contribution in [0.25, 0.3) is 0 Å². The maximum atomic E-state index is 13.3. The fourth-order valence-electron chi connectivity index (χ4n) is 3.48. The summed E-state index contributed by atoms with van der Waals surface area (Å²) in [5.74, 6) is -0.947. The Morgan fingerprint density at radius 3 is 2.63 bits per heavy atom. The Kier molecular flexibility index (Phi) is 6.22. The molecule has 1 unspecified atom stereocenters. The summed E-state index contributed by atoms with van der Waals surface area (Å²) in [4.78, 5) is 27.2. The minimum Gasteiger partial charge on any atom is -0.338 e. The number of halogens is 1. The second kappa shape index (κ2) is 8.80. The van der Waals surface area contributed by atoms with E-state index >= 15 is 0 Å². The molecule has 0 radical (unpaired) electrons. The SMILES string of the molecule is CCCCCN(Cc1ccc(F)cc1)C(=O)C1CC(=O)Nc2ccccc21. The molecule has 0 aliphatic carbocycles. The van der Waals surface area contributed by atoms with Crippen molar-refractivity contribution in [1.82, 2.24) is 4.90 Å². The highest BCUT2D eigenvalue weighted by atomic mass is 19.1. The molecule has 1 aliphatic rings. The van der Waals surface area contributed by atoms with Crippen LogP contribution < -0.4 is 5.32 Å². The van der Waals surface area contributed by atoms with E-state index in [9.17, 15) is 14.0 Å². The fourth-order valence-corrected chi connectivity index (χ4v) is 3.48. The lowest BCUT2D eigenvalue weighted by Crippen LogP contribution is -2.38. The van der Waals surface area contributed by atoms with Crippen LogP contribution in [0.2, 0.25) is 0 Å². The first-order valence-electron chi connectivity index (χ1n) is 9.50. The van der Waals surface area contributed by atoms with Gasteiger partial charge in [-0.1, -0.05) is 50.1 Å². The summed E-state index contributed by atoms with van der Waals surface area (Å²) in [5, 5.41) is 2.84. The average Bonchev–Trinajstić information content (AvgIpc) is 2.67. The summed E-state index contributed by atoms with van der Waals surface area (Å²) in [6, 6.07) is 13.7. The zero-order chi connectivity index (χ0) is 19.2. The minimum absolute atomic E-state index is 0.0438. The van der Waals surface area contributed by atoms with E-state index in [-0.39, 0.29) is 24.1 Å². The number of fused-ring (bicyclic) bond motifs is 1. The normalized spacial score (nSPS) is 15.8. The molecule has 0 saturated carbocycles. The van der Waals surface area contributed by atoms with Gasteiger partial charge in [-0.2, -0.15) is 0 Å². The molecule has 3 rings (SSSR count). The molecule has 0 saturated heterocycles. The number of nitrogens with one attached hydrogen (secondary N) is 1. The molecule has 0 aromatic heterocycles. The van der Waals surface area contributed by atoms with E-state index in [4.69, 9.17) is 0 Å². The van der Waals surface area contributed by atoms with E-state index in [0.29, 0.717) is 18.8 Å². The van der Waals surface area contributed by atoms with Gasteiger partial charge in [0, 0.05) is 25.2 Å². The molecular weight excluding hydrogens is 343 g/mol. The zero-order valence-corrected chi connectivity index (χ0v) is 15.6. The standard InChI is InChI=1S/C22H25FN2O2/c1-2-3-6-13-25(15-16-9-11-17(23)12-10-16)22(27)19-14-21(26)24-20-8-5-4-7-18(19)20/h4-5,7-12,19H,2-3,6,13-15H2,1H3,(H,24,26). The maximum Gasteiger partial charge on any atom is 0.231 e. The van der Waals surface area contributed by atoms with E-state index < -0.39 is 5.92 Å². The number of para-hydroxylation sites is 1. The van der Waals surface area contributed by atoms with Gasteiger partial charge >= 0.3 is 0 Å². The van der Waals surface area contributed by atoms with Gasteiger partial charge in [-0.05, 0) is 35.7 Å². The van der Waals surface area contributed by atoms with Crippen LogP contribution in [-0.2, 0) is 16.1 Å². The molecule has 1 atom stereocenters. The fraction of sp³-hybridized carbons (Fsp3) is 0.364. The lowest BCUT2D eigenvalue weighted by molar-refractivity contribution is -0.135. The second-order valence-electron chi connectivity index (χ2n) is 6.99. The van der Waals surface area contributed by atoms with Gasteiger partial charge in [-0.25, -0.2) is 4.39 Å². The Morgan fingerprint density at radius 2 is 1.89 bits per heavy atom. The summed E-state index contributed by atoms with van der Waals surface area (Å²) in [6.45, 7) is 3.17. The monoisotopic (exact) mass is 368 g/mol. The van der Waals surface area contributed by atoms with Gasteiger partial charge in [-0.15, -0.1) is 0 Å². The van der Waals surface area contributed by atoms with Crippen LogP contribution in [0.3, 0.4) is 0 Å². The topological polar surface area (TPSA) is 49.4 Å². The van der Waals surface area contributed by atoms with Crippen molar-refractivity contribution in [2.45, 2.75) is 45.1 Å². The van der Waals surface area contributed by atoms with E-state index in [1.165, 1.54) is 12.1 Å². The van der Waals surface area contributed by atoms with E-state index in [1.807, 2.05) is 29.2 Å². The molecule has 0 spiro atoms. The van der Waals surface area contributed by atoms with Gasteiger partial charge in [0.25, 0.3) is 0 Å². The van der Waals surface area contributed by atoms with Gasteiger partial charge in [0.1, 0.15) is 5.82 Å². The third-order valence-corrected chi connectivity index (χ3v) is 4.93. The van der Waals surface area contributed by atoms with E-state index in [1.54, 1.807) is 12.1 Å². The number of unbranched alkanes of at least 4 members (excludes halogenated alkanes) is 2. The third kappa shape index (κ3) is 4.73. The first-order chi connectivity index (χ1) is 13.1. The molecular formula is C22H25FN2O2. The number of hydrogen-bond donors (Lipinski definition) is 1. The number of benzene rings is 2. The van der Waals surface area contributed by atoms with Gasteiger partial charge in [0.05, 0.1) is 5.92 Å². The Morgan fingerprint density at radius 1 is 1.15 bits per heavy atom. The molecule has 0 bridgehead atoms. The Bertz CT molecular complexity index is 804. The molecule has 4 nitrogen and oxygen atoms in total. The Hall–Kier alpha value is -2.69. The van der Waals surface area contributed by atoms with Crippen molar-refractivity contribution in [1.29, 1.82) is 0 Å². The molecule has 27 heavy (non-hydrogen) atoms. The summed E-state index contributed by atoms with van der Waals surface area (Å²) in [6.07, 6.45) is 3.16. The van der Waals surface area contributed by atoms with Crippen LogP contribution in [0.5, 0.6) is 0 Å². The van der Waals surface area contributed by atoms with Crippen LogP contribution in [-0.4, -0.2) is 23.3 Å². The smallest absolute Gasteiger partial charge is 0.231 e. The number of anilines is 1. The van der Waals surface area contributed by atoms with Crippen molar-refractivity contribution in [2.24, 2.45) is 0 Å². The van der Waals surface area contributed by atoms with Crippen molar-refractivity contribution >= 4 is 17.5 Å². The molecule has 142 valence electrons. The number of carbonyl (C=O) groups excluding carboxylic acids is 2. The third-order valence-electron chi connectivity index (χ3n) is 4.93. The molecule has 1 heterocycles. The summed E-state index contributed by atoms with van der Waals surface area (Å²) >= 11 is 0. The lowest BCUT2D eigenvalue weighted by Gasteiger charge is -2.31. The van der Waals surface area contributed by atoms with Gasteiger partial charge in [0.15, 0.2) is 0 Å². The van der Waals surface area contributed by atoms with Crippen molar-refractivity contribution in [3.05, 3.63) is 65.5 Å². The number of rotatable bonds is 7. The largest absolute Gasteiger partial charge is 0.338 e. The van der Waals surface area contributed by atoms with Gasteiger partial charge < -0.3 is 10.2 Å². The minimum atomic E-state index is -0.475. The van der Waals surface area contributed by atoms with Crippen LogP contribution in [0.4, 0.5) is 10.1 Å². The molecule has 2 aromatic rings. The van der Waals surface area contributed by atoms with Crippen molar-refractivity contribution in [2.75, 3.05) is 11.9 Å². The Balaban J connectivity index is 1.83. The van der Waals surface area contributed by atoms with Crippen LogP contribution in [0.1, 0.15) is 49.7 Å². The zero-order valence-electron chi connectivity index (χ0n) is 15.6. The highest BCUT2D eigenvalue weighted by molar-refractivity contribution is 6.01. The van der Waals surface area contributed by atoms with E-state index in [0.717, 1.165) is 30.4 Å². The van der Waals surface area contributed by atoms with Crippen molar-refractivity contribution in [3.63, 3.8) is 0 Å². The number of carbonyl (C=O) groups is 2. The summed E-state index contributed by atoms with van der Waals surface area (Å²) in [5.41, 5.74) is 2.46. The molecule has 2 amide bonds. The van der Waals surface area contributed by atoms with Crippen molar-refractivity contribution in [3.8, 4) is 0 Å². The van der Waals surface area contributed by atoms with Crippen LogP contribution in [0, 0.1) is 5.82 Å². The first-order valence-corrected chi connectivity index (χ1v) is 9.50. The predicted octanol–water partition coefficient (Wildman–Crippen LogP) is 4.47. The highest BCUT2D eigenvalue weighted by Gasteiger charge is 2.33. The lowest BCUT2D eigenvalue weighted by atomic mass is 9.89. The van der Waals surface area contributed by atoms with Crippen LogP contribution >= 0.6 is 0 Å². The van der Waals surface area contributed by atoms with Crippen LogP contribution in [0.15, 0.2) is 48.5 Å². The second-order valence-corrected chi connectivity index (χ2v) is 6.99. The maximum absolute atomic E-state index is 13.3.